The molecule has 4 heteroatoms. The highest BCUT2D eigenvalue weighted by molar-refractivity contribution is 5.85. The molecule has 1 aromatic rings. The molecule has 112 valence electrons. The van der Waals surface area contributed by atoms with Crippen LogP contribution >= 0.6 is 24.8 Å². The average Bonchev–Trinajstić information content (AvgIpc) is 2.29. The maximum atomic E-state index is 6.17. The summed E-state index contributed by atoms with van der Waals surface area (Å²) in [5.41, 5.74) is 18.8. The number of anilines is 1. The van der Waals surface area contributed by atoms with E-state index in [-0.39, 0.29) is 30.2 Å². The molecule has 0 unspecified atom stereocenters. The molecule has 0 bridgehead atoms. The molecule has 20 heavy (non-hydrogen) atoms. The van der Waals surface area contributed by atoms with Crippen molar-refractivity contribution in [2.24, 2.45) is 11.1 Å². The zero-order chi connectivity index (χ0) is 13.5. The fourth-order valence-electron chi connectivity index (χ4n) is 2.56. The van der Waals surface area contributed by atoms with Crippen molar-refractivity contribution in [1.82, 2.24) is 0 Å². The number of hydrogen-bond donors (Lipinski definition) is 2. The van der Waals surface area contributed by atoms with Gasteiger partial charge in [-0.25, -0.2) is 0 Å². The number of aryl methyl sites for hydroxylation is 1. The van der Waals surface area contributed by atoms with E-state index in [1.807, 2.05) is 13.0 Å². The van der Waals surface area contributed by atoms with Crippen molar-refractivity contribution < 1.29 is 0 Å². The molecule has 0 radical (unpaired) electrons. The van der Waals surface area contributed by atoms with Gasteiger partial charge in [0.05, 0.1) is 0 Å². The van der Waals surface area contributed by atoms with Crippen molar-refractivity contribution in [3.05, 3.63) is 46.7 Å². The van der Waals surface area contributed by atoms with Crippen LogP contribution in [0.2, 0.25) is 0 Å². The number of allylic oxidation sites excluding steroid dienone is 4. The minimum absolute atomic E-state index is 0. The standard InChI is InChI=1S/C16H22N2.2ClH/c1-10-7-12(5-6-14(10)17)13-8-11(2)15(18)16(3,4)9-13;;/h5-8H,9,17-18H2,1-4H3;2*1H. The highest BCUT2D eigenvalue weighted by Crippen LogP contribution is 2.41. The minimum atomic E-state index is 0. The molecule has 0 saturated heterocycles. The molecule has 4 N–H and O–H groups in total. The number of nitrogen functional groups attached to an aromatic ring is 1. The fraction of sp³-hybridized carbons (Fsp3) is 0.375. The summed E-state index contributed by atoms with van der Waals surface area (Å²) >= 11 is 0. The molecule has 2 rings (SSSR count). The van der Waals surface area contributed by atoms with Crippen molar-refractivity contribution in [3.63, 3.8) is 0 Å². The third kappa shape index (κ3) is 3.50. The Labute approximate surface area is 134 Å². The molecule has 0 amide bonds. The highest BCUT2D eigenvalue weighted by Gasteiger charge is 2.28. The van der Waals surface area contributed by atoms with Crippen LogP contribution in [0.1, 0.15) is 38.3 Å². The van der Waals surface area contributed by atoms with E-state index in [0.29, 0.717) is 0 Å². The third-order valence-electron chi connectivity index (χ3n) is 3.82. The Bertz CT molecular complexity index is 558. The molecule has 0 spiro atoms. The van der Waals surface area contributed by atoms with Crippen LogP contribution in [-0.4, -0.2) is 0 Å². The molecule has 1 aliphatic rings. The van der Waals surface area contributed by atoms with Gasteiger partial charge in [-0.3, -0.25) is 0 Å². The van der Waals surface area contributed by atoms with Crippen molar-refractivity contribution in [3.8, 4) is 0 Å². The molecule has 0 heterocycles. The zero-order valence-corrected chi connectivity index (χ0v) is 14.1. The topological polar surface area (TPSA) is 52.0 Å². The van der Waals surface area contributed by atoms with Crippen molar-refractivity contribution in [1.29, 1.82) is 0 Å². The Morgan fingerprint density at radius 3 is 2.15 bits per heavy atom. The van der Waals surface area contributed by atoms with Gasteiger partial charge in [-0.15, -0.1) is 24.8 Å². The zero-order valence-electron chi connectivity index (χ0n) is 12.5. The predicted molar refractivity (Wildman–Crippen MR) is 93.3 cm³/mol. The van der Waals surface area contributed by atoms with E-state index in [0.717, 1.165) is 23.4 Å². The third-order valence-corrected chi connectivity index (χ3v) is 3.82. The quantitative estimate of drug-likeness (QED) is 0.751. The van der Waals surface area contributed by atoms with Crippen LogP contribution in [0.5, 0.6) is 0 Å². The maximum Gasteiger partial charge on any atom is 0.0344 e. The SMILES string of the molecule is CC1=C(N)C(C)(C)CC(c2ccc(N)c(C)c2)=C1.Cl.Cl. The molecule has 2 nitrogen and oxygen atoms in total. The van der Waals surface area contributed by atoms with Crippen molar-refractivity contribution in [2.45, 2.75) is 34.1 Å². The molecular formula is C16H24Cl2N2. The highest BCUT2D eigenvalue weighted by atomic mass is 35.5. The monoisotopic (exact) mass is 314 g/mol. The lowest BCUT2D eigenvalue weighted by molar-refractivity contribution is 0.446. The van der Waals surface area contributed by atoms with Crippen LogP contribution in [0, 0.1) is 12.3 Å². The summed E-state index contributed by atoms with van der Waals surface area (Å²) in [4.78, 5) is 0. The second-order valence-electron chi connectivity index (χ2n) is 5.90. The van der Waals surface area contributed by atoms with Gasteiger partial charge in [0.1, 0.15) is 0 Å². The van der Waals surface area contributed by atoms with Gasteiger partial charge < -0.3 is 11.5 Å². The Balaban J connectivity index is 0.00000180. The van der Waals surface area contributed by atoms with E-state index in [1.165, 1.54) is 16.7 Å². The first kappa shape index (κ1) is 18.9. The number of nitrogens with two attached hydrogens (primary N) is 2. The van der Waals surface area contributed by atoms with Gasteiger partial charge in [-0.2, -0.15) is 0 Å². The Hall–Kier alpha value is -1.12. The first-order valence-corrected chi connectivity index (χ1v) is 6.35. The van der Waals surface area contributed by atoms with Crippen molar-refractivity contribution in [2.75, 3.05) is 5.73 Å². The van der Waals surface area contributed by atoms with Gasteiger partial charge in [-0.05, 0) is 54.7 Å². The molecule has 0 fully saturated rings. The first-order valence-electron chi connectivity index (χ1n) is 6.35. The maximum absolute atomic E-state index is 6.17. The first-order chi connectivity index (χ1) is 8.31. The van der Waals surface area contributed by atoms with Crippen LogP contribution in [0.4, 0.5) is 5.69 Å². The van der Waals surface area contributed by atoms with Gasteiger partial charge in [0.25, 0.3) is 0 Å². The van der Waals surface area contributed by atoms with Gasteiger partial charge in [0, 0.05) is 16.8 Å². The molecule has 0 saturated carbocycles. The lowest BCUT2D eigenvalue weighted by Crippen LogP contribution is -2.25. The summed E-state index contributed by atoms with van der Waals surface area (Å²) < 4.78 is 0. The van der Waals surface area contributed by atoms with Crippen LogP contribution in [-0.2, 0) is 0 Å². The number of rotatable bonds is 1. The molecule has 0 aromatic heterocycles. The van der Waals surface area contributed by atoms with E-state index in [1.54, 1.807) is 0 Å². The Morgan fingerprint density at radius 1 is 1.05 bits per heavy atom. The van der Waals surface area contributed by atoms with E-state index >= 15 is 0 Å². The number of hydrogen-bond acceptors (Lipinski definition) is 2. The summed E-state index contributed by atoms with van der Waals surface area (Å²) in [6.45, 7) is 8.52. The molecule has 1 aromatic carbocycles. The van der Waals surface area contributed by atoms with Crippen LogP contribution in [0.3, 0.4) is 0 Å². The largest absolute Gasteiger partial charge is 0.401 e. The summed E-state index contributed by atoms with van der Waals surface area (Å²) in [6.07, 6.45) is 3.17. The Morgan fingerprint density at radius 2 is 1.65 bits per heavy atom. The van der Waals surface area contributed by atoms with E-state index in [4.69, 9.17) is 11.5 Å². The molecule has 0 aliphatic heterocycles. The predicted octanol–water partition coefficient (Wildman–Crippen LogP) is 4.47. The van der Waals surface area contributed by atoms with Crippen molar-refractivity contribution >= 4 is 36.1 Å². The fourth-order valence-corrected chi connectivity index (χ4v) is 2.56. The van der Waals surface area contributed by atoms with Crippen LogP contribution in [0.25, 0.3) is 5.57 Å². The van der Waals surface area contributed by atoms with E-state index in [9.17, 15) is 0 Å². The normalized spacial score (nSPS) is 16.9. The van der Waals surface area contributed by atoms with Gasteiger partial charge in [0.15, 0.2) is 0 Å². The van der Waals surface area contributed by atoms with E-state index < -0.39 is 0 Å². The second-order valence-corrected chi connectivity index (χ2v) is 5.90. The van der Waals surface area contributed by atoms with E-state index in [2.05, 4.69) is 39.0 Å². The summed E-state index contributed by atoms with van der Waals surface area (Å²) in [7, 11) is 0. The molecule has 0 atom stereocenters. The van der Waals surface area contributed by atoms with Crippen LogP contribution in [0.15, 0.2) is 35.5 Å². The lowest BCUT2D eigenvalue weighted by Gasteiger charge is -2.32. The van der Waals surface area contributed by atoms with Crippen LogP contribution < -0.4 is 11.5 Å². The summed E-state index contributed by atoms with van der Waals surface area (Å²) in [6, 6.07) is 6.24. The van der Waals surface area contributed by atoms with Gasteiger partial charge >= 0.3 is 0 Å². The lowest BCUT2D eigenvalue weighted by atomic mass is 9.75. The second kappa shape index (κ2) is 6.55. The molecule has 1 aliphatic carbocycles. The number of halogens is 2. The van der Waals surface area contributed by atoms with Gasteiger partial charge in [-0.1, -0.05) is 26.0 Å². The summed E-state index contributed by atoms with van der Waals surface area (Å²) in [5, 5.41) is 0. The number of benzene rings is 1. The summed E-state index contributed by atoms with van der Waals surface area (Å²) in [5.74, 6) is 0. The minimum Gasteiger partial charge on any atom is -0.401 e. The molecular weight excluding hydrogens is 291 g/mol. The average molecular weight is 315 g/mol. The Kier molecular flexibility index (Phi) is 6.19. The van der Waals surface area contributed by atoms with Gasteiger partial charge in [0.2, 0.25) is 0 Å². The smallest absolute Gasteiger partial charge is 0.0344 e.